The van der Waals surface area contributed by atoms with Crippen LogP contribution in [0.15, 0.2) is 36.4 Å². The number of benzene rings is 1. The molecule has 0 aliphatic rings. The first kappa shape index (κ1) is 15.2. The first-order valence-corrected chi connectivity index (χ1v) is 7.42. The van der Waals surface area contributed by atoms with Gasteiger partial charge in [0.1, 0.15) is 5.00 Å². The molecule has 5 N–H and O–H groups in total. The van der Waals surface area contributed by atoms with Crippen LogP contribution in [-0.4, -0.2) is 18.4 Å². The van der Waals surface area contributed by atoms with E-state index < -0.39 is 5.91 Å². The van der Waals surface area contributed by atoms with Gasteiger partial charge < -0.3 is 16.8 Å². The zero-order valence-electron chi connectivity index (χ0n) is 11.5. The molecule has 0 atom stereocenters. The van der Waals surface area contributed by atoms with Gasteiger partial charge in [-0.15, -0.1) is 11.3 Å². The normalized spacial score (nSPS) is 10.3. The number of hydrogen-bond acceptors (Lipinski definition) is 4. The summed E-state index contributed by atoms with van der Waals surface area (Å²) in [5, 5.41) is 3.23. The molecule has 0 aliphatic heterocycles. The van der Waals surface area contributed by atoms with Gasteiger partial charge in [-0.05, 0) is 24.6 Å². The van der Waals surface area contributed by atoms with E-state index in [4.69, 9.17) is 11.5 Å². The Morgan fingerprint density at radius 1 is 1.19 bits per heavy atom. The lowest BCUT2D eigenvalue weighted by atomic mass is 10.1. The average molecular weight is 303 g/mol. The topological polar surface area (TPSA) is 98.2 Å². The van der Waals surface area contributed by atoms with Crippen LogP contribution in [0, 0.1) is 0 Å². The summed E-state index contributed by atoms with van der Waals surface area (Å²) in [5.41, 5.74) is 12.1. The minimum Gasteiger partial charge on any atom is -0.366 e. The Morgan fingerprint density at radius 2 is 1.90 bits per heavy atom. The summed E-state index contributed by atoms with van der Waals surface area (Å²) in [6.45, 7) is 0.454. The number of nitrogens with two attached hydrogens (primary N) is 2. The zero-order valence-corrected chi connectivity index (χ0v) is 12.3. The maximum absolute atomic E-state index is 11.8. The Balaban J connectivity index is 2.26. The molecule has 0 unspecified atom stereocenters. The summed E-state index contributed by atoms with van der Waals surface area (Å²) in [5.74, 6) is -0.716. The summed E-state index contributed by atoms with van der Waals surface area (Å²) in [6, 6.07) is 11.3. The maximum atomic E-state index is 11.8. The van der Waals surface area contributed by atoms with Crippen LogP contribution < -0.4 is 16.8 Å². The van der Waals surface area contributed by atoms with Crippen LogP contribution in [0.1, 0.15) is 23.2 Å². The molecule has 110 valence electrons. The number of primary amides is 1. The summed E-state index contributed by atoms with van der Waals surface area (Å²) in [4.78, 5) is 24.2. The lowest BCUT2D eigenvalue weighted by molar-refractivity contribution is -0.116. The van der Waals surface area contributed by atoms with Gasteiger partial charge in [0.05, 0.1) is 5.56 Å². The molecule has 0 aliphatic carbocycles. The molecule has 2 aromatic rings. The molecule has 2 rings (SSSR count). The zero-order chi connectivity index (χ0) is 15.2. The smallest absolute Gasteiger partial charge is 0.251 e. The standard InChI is InChI=1S/C15H17N3O2S/c16-8-4-7-13(19)18-15-11(14(17)20)9-12(21-15)10-5-2-1-3-6-10/h1-3,5-6,9H,4,7-8,16H2,(H2,17,20)(H,18,19). The SMILES string of the molecule is NCCCC(=O)Nc1sc(-c2ccccc2)cc1C(N)=O. The van der Waals surface area contributed by atoms with Crippen molar-refractivity contribution in [3.63, 3.8) is 0 Å². The van der Waals surface area contributed by atoms with E-state index in [1.807, 2.05) is 30.3 Å². The Hall–Kier alpha value is -2.18. The van der Waals surface area contributed by atoms with Crippen molar-refractivity contribution in [2.45, 2.75) is 12.8 Å². The highest BCUT2D eigenvalue weighted by Gasteiger charge is 2.16. The number of carbonyl (C=O) groups is 2. The summed E-state index contributed by atoms with van der Waals surface area (Å²) in [6.07, 6.45) is 0.932. The molecule has 0 bridgehead atoms. The summed E-state index contributed by atoms with van der Waals surface area (Å²) >= 11 is 1.34. The first-order chi connectivity index (χ1) is 10.1. The van der Waals surface area contributed by atoms with E-state index in [1.54, 1.807) is 6.07 Å². The van der Waals surface area contributed by atoms with Gasteiger partial charge in [0.15, 0.2) is 0 Å². The lowest BCUT2D eigenvalue weighted by Crippen LogP contribution is -2.17. The minimum atomic E-state index is -0.553. The fourth-order valence-electron chi connectivity index (χ4n) is 1.86. The number of thiophene rings is 1. The first-order valence-electron chi connectivity index (χ1n) is 6.61. The van der Waals surface area contributed by atoms with E-state index in [0.717, 1.165) is 10.4 Å². The van der Waals surface area contributed by atoms with E-state index >= 15 is 0 Å². The molecule has 0 spiro atoms. The predicted octanol–water partition coefficient (Wildman–Crippen LogP) is 2.19. The average Bonchev–Trinajstić information content (AvgIpc) is 2.90. The molecule has 0 saturated carbocycles. The van der Waals surface area contributed by atoms with Gasteiger partial charge in [-0.3, -0.25) is 9.59 Å². The lowest BCUT2D eigenvalue weighted by Gasteiger charge is -2.03. The third kappa shape index (κ3) is 3.90. The van der Waals surface area contributed by atoms with Crippen molar-refractivity contribution in [1.82, 2.24) is 0 Å². The number of rotatable bonds is 6. The molecule has 6 heteroatoms. The van der Waals surface area contributed by atoms with Gasteiger partial charge in [-0.2, -0.15) is 0 Å². The van der Waals surface area contributed by atoms with Crippen molar-refractivity contribution < 1.29 is 9.59 Å². The third-order valence-corrected chi connectivity index (χ3v) is 4.02. The van der Waals surface area contributed by atoms with Crippen LogP contribution in [-0.2, 0) is 4.79 Å². The van der Waals surface area contributed by atoms with E-state index in [-0.39, 0.29) is 5.91 Å². The molecule has 0 fully saturated rings. The molecular formula is C15H17N3O2S. The number of amides is 2. The predicted molar refractivity (Wildman–Crippen MR) is 85.2 cm³/mol. The van der Waals surface area contributed by atoms with Crippen LogP contribution in [0.5, 0.6) is 0 Å². The third-order valence-electron chi connectivity index (χ3n) is 2.92. The highest BCUT2D eigenvalue weighted by atomic mass is 32.1. The fraction of sp³-hybridized carbons (Fsp3) is 0.200. The Kier molecular flexibility index (Phi) is 5.08. The largest absolute Gasteiger partial charge is 0.366 e. The van der Waals surface area contributed by atoms with E-state index in [1.165, 1.54) is 11.3 Å². The summed E-state index contributed by atoms with van der Waals surface area (Å²) < 4.78 is 0. The highest BCUT2D eigenvalue weighted by Crippen LogP contribution is 2.35. The fourth-order valence-corrected chi connectivity index (χ4v) is 2.95. The molecule has 0 radical (unpaired) electrons. The molecule has 1 aromatic carbocycles. The summed E-state index contributed by atoms with van der Waals surface area (Å²) in [7, 11) is 0. The molecule has 2 amide bonds. The second-order valence-electron chi connectivity index (χ2n) is 4.52. The van der Waals surface area contributed by atoms with Crippen molar-refractivity contribution in [1.29, 1.82) is 0 Å². The minimum absolute atomic E-state index is 0.163. The number of anilines is 1. The van der Waals surface area contributed by atoms with Crippen LogP contribution >= 0.6 is 11.3 Å². The maximum Gasteiger partial charge on any atom is 0.251 e. The van der Waals surface area contributed by atoms with Gasteiger partial charge in [0, 0.05) is 11.3 Å². The molecule has 21 heavy (non-hydrogen) atoms. The van der Waals surface area contributed by atoms with Crippen LogP contribution in [0.2, 0.25) is 0 Å². The van der Waals surface area contributed by atoms with Crippen molar-refractivity contribution in [3.05, 3.63) is 42.0 Å². The Morgan fingerprint density at radius 3 is 2.52 bits per heavy atom. The molecule has 0 saturated heterocycles. The molecule has 5 nitrogen and oxygen atoms in total. The van der Waals surface area contributed by atoms with Crippen molar-refractivity contribution >= 4 is 28.2 Å². The molecule has 1 aromatic heterocycles. The monoisotopic (exact) mass is 303 g/mol. The number of carbonyl (C=O) groups excluding carboxylic acids is 2. The van der Waals surface area contributed by atoms with E-state index in [0.29, 0.717) is 30.0 Å². The van der Waals surface area contributed by atoms with E-state index in [9.17, 15) is 9.59 Å². The van der Waals surface area contributed by atoms with Crippen molar-refractivity contribution in [2.75, 3.05) is 11.9 Å². The van der Waals surface area contributed by atoms with Gasteiger partial charge in [0.2, 0.25) is 5.91 Å². The van der Waals surface area contributed by atoms with Gasteiger partial charge in [-0.1, -0.05) is 30.3 Å². The Bertz CT molecular complexity index is 638. The van der Waals surface area contributed by atoms with Crippen LogP contribution in [0.25, 0.3) is 10.4 Å². The van der Waals surface area contributed by atoms with Gasteiger partial charge in [0.25, 0.3) is 5.91 Å². The second kappa shape index (κ2) is 7.01. The molecule has 1 heterocycles. The number of nitrogens with one attached hydrogen (secondary N) is 1. The van der Waals surface area contributed by atoms with Crippen molar-refractivity contribution in [2.24, 2.45) is 11.5 Å². The van der Waals surface area contributed by atoms with E-state index in [2.05, 4.69) is 5.32 Å². The van der Waals surface area contributed by atoms with Crippen LogP contribution in [0.3, 0.4) is 0 Å². The van der Waals surface area contributed by atoms with Gasteiger partial charge >= 0.3 is 0 Å². The van der Waals surface area contributed by atoms with Crippen LogP contribution in [0.4, 0.5) is 5.00 Å². The highest BCUT2D eigenvalue weighted by molar-refractivity contribution is 7.20. The molecular weight excluding hydrogens is 286 g/mol. The van der Waals surface area contributed by atoms with Gasteiger partial charge in [-0.25, -0.2) is 0 Å². The quantitative estimate of drug-likeness (QED) is 0.763. The Labute approximate surface area is 127 Å². The second-order valence-corrected chi connectivity index (χ2v) is 5.58. The van der Waals surface area contributed by atoms with Crippen molar-refractivity contribution in [3.8, 4) is 10.4 Å². The number of hydrogen-bond donors (Lipinski definition) is 3.